The number of amidine groups is 1. The molecule has 1 rings (SSSR count). The maximum atomic E-state index is 11.8. The number of rotatable bonds is 5. The number of nitrogens with two attached hydrogens (primary N) is 1. The highest BCUT2D eigenvalue weighted by Crippen LogP contribution is 2.22. The van der Waals surface area contributed by atoms with E-state index >= 15 is 0 Å². The lowest BCUT2D eigenvalue weighted by molar-refractivity contribution is 0.289. The first-order valence-electron chi connectivity index (χ1n) is 4.48. The third-order valence-electron chi connectivity index (χ3n) is 1.78. The zero-order valence-corrected chi connectivity index (χ0v) is 8.85. The van der Waals surface area contributed by atoms with Crippen LogP contribution in [0.15, 0.2) is 18.2 Å². The van der Waals surface area contributed by atoms with Gasteiger partial charge in [0.05, 0.1) is 18.3 Å². The molecule has 0 aromatic heterocycles. The minimum absolute atomic E-state index is 0.0877. The fraction of sp³-hybridized carbons (Fsp3) is 0.300. The van der Waals surface area contributed by atoms with E-state index in [1.165, 1.54) is 0 Å². The van der Waals surface area contributed by atoms with Crippen LogP contribution in [0, 0.1) is 5.41 Å². The van der Waals surface area contributed by atoms with E-state index in [1.54, 1.807) is 18.2 Å². The van der Waals surface area contributed by atoms with Crippen LogP contribution in [0.25, 0.3) is 0 Å². The van der Waals surface area contributed by atoms with Crippen LogP contribution in [0.5, 0.6) is 5.75 Å². The van der Waals surface area contributed by atoms with Gasteiger partial charge in [-0.2, -0.15) is 0 Å². The summed E-state index contributed by atoms with van der Waals surface area (Å²) in [5.41, 5.74) is 5.76. The van der Waals surface area contributed by atoms with E-state index in [2.05, 4.69) is 0 Å². The van der Waals surface area contributed by atoms with Gasteiger partial charge in [0.25, 0.3) is 0 Å². The predicted molar refractivity (Wildman–Crippen MR) is 58.6 cm³/mol. The van der Waals surface area contributed by atoms with E-state index in [0.717, 1.165) is 0 Å². The van der Waals surface area contributed by atoms with Gasteiger partial charge in [-0.1, -0.05) is 11.6 Å². The first kappa shape index (κ1) is 11.8. The first-order chi connectivity index (χ1) is 7.15. The van der Waals surface area contributed by atoms with Crippen molar-refractivity contribution >= 4 is 17.4 Å². The second kappa shape index (κ2) is 5.56. The fourth-order valence-corrected chi connectivity index (χ4v) is 1.32. The molecule has 0 spiro atoms. The second-order valence-electron chi connectivity index (χ2n) is 2.95. The third-order valence-corrected chi connectivity index (χ3v) is 2.09. The molecular formula is C10H12ClFN2O. The maximum Gasteiger partial charge on any atom is 0.124 e. The Hall–Kier alpha value is -1.29. The van der Waals surface area contributed by atoms with E-state index in [9.17, 15) is 4.39 Å². The average Bonchev–Trinajstić information content (AvgIpc) is 2.17. The van der Waals surface area contributed by atoms with Gasteiger partial charge in [0.15, 0.2) is 0 Å². The molecule has 1 aromatic carbocycles. The van der Waals surface area contributed by atoms with E-state index in [0.29, 0.717) is 29.4 Å². The van der Waals surface area contributed by atoms with Crippen LogP contribution >= 0.6 is 11.6 Å². The van der Waals surface area contributed by atoms with Crippen LogP contribution in [-0.4, -0.2) is 19.1 Å². The predicted octanol–water partition coefficient (Wildman–Crippen LogP) is 2.36. The molecule has 1 aromatic rings. The Kier molecular flexibility index (Phi) is 4.37. The van der Waals surface area contributed by atoms with E-state index < -0.39 is 6.67 Å². The van der Waals surface area contributed by atoms with Crippen molar-refractivity contribution in [3.05, 3.63) is 28.8 Å². The van der Waals surface area contributed by atoms with Crippen molar-refractivity contribution in [1.82, 2.24) is 0 Å². The van der Waals surface area contributed by atoms with Gasteiger partial charge in [-0.3, -0.25) is 9.80 Å². The summed E-state index contributed by atoms with van der Waals surface area (Å²) < 4.78 is 17.0. The molecule has 0 heterocycles. The highest BCUT2D eigenvalue weighted by Gasteiger charge is 2.04. The molecule has 3 nitrogen and oxygen atoms in total. The van der Waals surface area contributed by atoms with Gasteiger partial charge in [-0.05, 0) is 18.2 Å². The number of hydrogen-bond acceptors (Lipinski definition) is 2. The Morgan fingerprint density at radius 3 is 2.80 bits per heavy atom. The number of hydrogen-bond donors (Lipinski definition) is 2. The molecule has 0 atom stereocenters. The quantitative estimate of drug-likeness (QED) is 0.464. The molecular weight excluding hydrogens is 219 g/mol. The molecule has 0 aliphatic heterocycles. The van der Waals surface area contributed by atoms with Gasteiger partial charge in [-0.15, -0.1) is 0 Å². The highest BCUT2D eigenvalue weighted by molar-refractivity contribution is 6.34. The van der Waals surface area contributed by atoms with Gasteiger partial charge in [-0.25, -0.2) is 0 Å². The van der Waals surface area contributed by atoms with Crippen molar-refractivity contribution in [3.8, 4) is 5.75 Å². The molecule has 82 valence electrons. The standard InChI is InChI=1S/C10H12ClFN2O/c11-9-6-7(15-5-1-4-12)2-3-8(9)10(13)14/h2-3,6H,1,4-5H2,(H3,13,14). The molecule has 3 N–H and O–H groups in total. The summed E-state index contributed by atoms with van der Waals surface area (Å²) in [6.45, 7) is -0.0918. The summed E-state index contributed by atoms with van der Waals surface area (Å²) in [7, 11) is 0. The third kappa shape index (κ3) is 3.40. The number of alkyl halides is 1. The zero-order chi connectivity index (χ0) is 11.3. The Morgan fingerprint density at radius 1 is 1.53 bits per heavy atom. The van der Waals surface area contributed by atoms with Crippen molar-refractivity contribution in [2.75, 3.05) is 13.3 Å². The molecule has 0 amide bonds. The van der Waals surface area contributed by atoms with Crippen LogP contribution in [0.2, 0.25) is 5.02 Å². The summed E-state index contributed by atoms with van der Waals surface area (Å²) in [5, 5.41) is 7.58. The van der Waals surface area contributed by atoms with Crippen LogP contribution in [0.3, 0.4) is 0 Å². The molecule has 0 unspecified atom stereocenters. The summed E-state index contributed by atoms with van der Waals surface area (Å²) in [6.07, 6.45) is 0.353. The minimum Gasteiger partial charge on any atom is -0.493 e. The molecule has 5 heteroatoms. The molecule has 15 heavy (non-hydrogen) atoms. The molecule has 0 radical (unpaired) electrons. The van der Waals surface area contributed by atoms with Gasteiger partial charge >= 0.3 is 0 Å². The minimum atomic E-state index is -0.404. The second-order valence-corrected chi connectivity index (χ2v) is 3.35. The van der Waals surface area contributed by atoms with Crippen molar-refractivity contribution < 1.29 is 9.13 Å². The van der Waals surface area contributed by atoms with Crippen molar-refractivity contribution in [2.24, 2.45) is 5.73 Å². The fourth-order valence-electron chi connectivity index (χ4n) is 1.05. The Morgan fingerprint density at radius 2 is 2.27 bits per heavy atom. The number of ether oxygens (including phenoxy) is 1. The zero-order valence-electron chi connectivity index (χ0n) is 8.09. The Balaban J connectivity index is 2.69. The Bertz CT molecular complexity index is 357. The molecule has 0 bridgehead atoms. The number of nitrogen functional groups attached to an aromatic ring is 1. The van der Waals surface area contributed by atoms with Crippen molar-refractivity contribution in [3.63, 3.8) is 0 Å². The van der Waals surface area contributed by atoms with Gasteiger partial charge in [0, 0.05) is 12.0 Å². The maximum absolute atomic E-state index is 11.8. The molecule has 0 aliphatic rings. The van der Waals surface area contributed by atoms with Gasteiger partial charge in [0.1, 0.15) is 11.6 Å². The monoisotopic (exact) mass is 230 g/mol. The lowest BCUT2D eigenvalue weighted by atomic mass is 10.2. The van der Waals surface area contributed by atoms with E-state index in [-0.39, 0.29) is 5.84 Å². The molecule has 0 fully saturated rings. The molecule has 0 saturated carbocycles. The van der Waals surface area contributed by atoms with Crippen LogP contribution in [0.4, 0.5) is 4.39 Å². The van der Waals surface area contributed by atoms with E-state index in [4.69, 9.17) is 27.5 Å². The molecule has 0 aliphatic carbocycles. The SMILES string of the molecule is N=C(N)c1ccc(OCCCF)cc1Cl. The number of halogens is 2. The summed E-state index contributed by atoms with van der Waals surface area (Å²) in [5.74, 6) is 0.466. The van der Waals surface area contributed by atoms with Crippen LogP contribution < -0.4 is 10.5 Å². The van der Waals surface area contributed by atoms with E-state index in [1.807, 2.05) is 0 Å². The summed E-state index contributed by atoms with van der Waals surface area (Å²) in [6, 6.07) is 4.83. The summed E-state index contributed by atoms with van der Waals surface area (Å²) >= 11 is 5.86. The summed E-state index contributed by atoms with van der Waals surface area (Å²) in [4.78, 5) is 0. The topological polar surface area (TPSA) is 59.1 Å². The highest BCUT2D eigenvalue weighted by atomic mass is 35.5. The van der Waals surface area contributed by atoms with Crippen LogP contribution in [0.1, 0.15) is 12.0 Å². The lowest BCUT2D eigenvalue weighted by Gasteiger charge is -2.07. The number of benzene rings is 1. The average molecular weight is 231 g/mol. The normalized spacial score (nSPS) is 10.0. The van der Waals surface area contributed by atoms with Crippen molar-refractivity contribution in [2.45, 2.75) is 6.42 Å². The first-order valence-corrected chi connectivity index (χ1v) is 4.85. The van der Waals surface area contributed by atoms with Crippen LogP contribution in [-0.2, 0) is 0 Å². The van der Waals surface area contributed by atoms with Crippen molar-refractivity contribution in [1.29, 1.82) is 5.41 Å². The number of nitrogens with one attached hydrogen (secondary N) is 1. The van der Waals surface area contributed by atoms with Gasteiger partial charge in [0.2, 0.25) is 0 Å². The Labute approximate surface area is 92.5 Å². The lowest BCUT2D eigenvalue weighted by Crippen LogP contribution is -2.11. The van der Waals surface area contributed by atoms with Gasteiger partial charge < -0.3 is 10.5 Å². The smallest absolute Gasteiger partial charge is 0.124 e. The molecule has 0 saturated heterocycles. The largest absolute Gasteiger partial charge is 0.493 e.